The second-order valence-electron chi connectivity index (χ2n) is 10.9. The minimum absolute atomic E-state index is 0.0112. The van der Waals surface area contributed by atoms with E-state index >= 15 is 0 Å². The highest BCUT2D eigenvalue weighted by Crippen LogP contribution is 2.37. The van der Waals surface area contributed by atoms with Crippen molar-refractivity contribution in [1.82, 2.24) is 19.9 Å². The number of carboxylic acid groups (broad SMARTS) is 2. The van der Waals surface area contributed by atoms with Crippen LogP contribution in [0.25, 0.3) is 50.4 Å². The van der Waals surface area contributed by atoms with Gasteiger partial charge < -0.3 is 20.2 Å². The minimum atomic E-state index is -0.877. The standard InChI is InChI=1S/C34H36N4O4/c1-7-21-17(3)25-13-26-19(5)23(9-11-33(39)40)31(37-26)16-32-24(10-12-34(41)42)20(6)28(38-32)15-30-22(8-2)18(4)27(36-30)14-29(21)35-25/h8,13-16,36-37H,2,7,9-12H2,1,3-6H3,(H,39,40)(H,41,42). The number of aryl methyl sites for hydroxylation is 3. The fourth-order valence-corrected chi connectivity index (χ4v) is 5.99. The maximum absolute atomic E-state index is 11.5. The maximum atomic E-state index is 11.5. The van der Waals surface area contributed by atoms with Gasteiger partial charge in [-0.25, -0.2) is 9.97 Å². The summed E-state index contributed by atoms with van der Waals surface area (Å²) >= 11 is 0. The van der Waals surface area contributed by atoms with Gasteiger partial charge in [0.15, 0.2) is 0 Å². The Morgan fingerprint density at radius 3 is 1.86 bits per heavy atom. The molecule has 8 nitrogen and oxygen atoms in total. The number of hydrogen-bond donors (Lipinski definition) is 4. The molecule has 0 saturated carbocycles. The van der Waals surface area contributed by atoms with Gasteiger partial charge in [-0.1, -0.05) is 19.6 Å². The van der Waals surface area contributed by atoms with E-state index in [-0.39, 0.29) is 12.8 Å². The maximum Gasteiger partial charge on any atom is 0.303 e. The summed E-state index contributed by atoms with van der Waals surface area (Å²) in [6, 6.07) is 8.04. The van der Waals surface area contributed by atoms with Crippen LogP contribution in [0.1, 0.15) is 91.5 Å². The third-order valence-electron chi connectivity index (χ3n) is 8.45. The highest BCUT2D eigenvalue weighted by atomic mass is 16.4. The van der Waals surface area contributed by atoms with E-state index in [1.54, 1.807) is 0 Å². The van der Waals surface area contributed by atoms with E-state index in [1.165, 1.54) is 5.57 Å². The molecule has 0 aliphatic carbocycles. The number of allylic oxidation sites excluding steroid dienone is 4. The lowest BCUT2D eigenvalue weighted by Gasteiger charge is -2.03. The van der Waals surface area contributed by atoms with Gasteiger partial charge in [0.2, 0.25) is 0 Å². The van der Waals surface area contributed by atoms with E-state index in [9.17, 15) is 19.8 Å². The Morgan fingerprint density at radius 1 is 0.738 bits per heavy atom. The molecule has 2 aliphatic rings. The Balaban J connectivity index is 1.93. The average Bonchev–Trinajstić information content (AvgIpc) is 3.59. The summed E-state index contributed by atoms with van der Waals surface area (Å²) in [5, 5.41) is 18.9. The molecule has 3 aromatic rings. The predicted molar refractivity (Wildman–Crippen MR) is 169 cm³/mol. The van der Waals surface area contributed by atoms with Crippen LogP contribution in [-0.2, 0) is 16.0 Å². The third kappa shape index (κ3) is 5.20. The minimum Gasteiger partial charge on any atom is -0.481 e. The van der Waals surface area contributed by atoms with E-state index in [0.717, 1.165) is 84.5 Å². The zero-order valence-electron chi connectivity index (χ0n) is 24.7. The zero-order chi connectivity index (χ0) is 30.3. The molecule has 216 valence electrons. The second kappa shape index (κ2) is 11.3. The zero-order valence-corrected chi connectivity index (χ0v) is 24.7. The Morgan fingerprint density at radius 2 is 1.24 bits per heavy atom. The Labute approximate surface area is 244 Å². The Bertz CT molecular complexity index is 1880. The quantitative estimate of drug-likeness (QED) is 0.221. The van der Waals surface area contributed by atoms with Gasteiger partial charge in [-0.2, -0.15) is 0 Å². The van der Waals surface area contributed by atoms with Crippen molar-refractivity contribution >= 4 is 62.4 Å². The van der Waals surface area contributed by atoms with E-state index in [2.05, 4.69) is 43.4 Å². The van der Waals surface area contributed by atoms with Crippen LogP contribution in [0.2, 0.25) is 0 Å². The fraction of sp³-hybridized carbons (Fsp3) is 0.294. The largest absolute Gasteiger partial charge is 0.481 e. The number of nitrogens with one attached hydrogen (secondary N) is 2. The lowest BCUT2D eigenvalue weighted by Crippen LogP contribution is -1.98. The third-order valence-corrected chi connectivity index (χ3v) is 8.45. The number of carboxylic acids is 2. The van der Waals surface area contributed by atoms with E-state index < -0.39 is 11.9 Å². The lowest BCUT2D eigenvalue weighted by molar-refractivity contribution is -0.137. The number of rotatable bonds is 8. The van der Waals surface area contributed by atoms with Crippen LogP contribution in [0.4, 0.5) is 0 Å². The van der Waals surface area contributed by atoms with Crippen molar-refractivity contribution < 1.29 is 19.8 Å². The van der Waals surface area contributed by atoms with Crippen molar-refractivity contribution in [3.8, 4) is 0 Å². The molecule has 0 amide bonds. The normalized spacial score (nSPS) is 13.2. The summed E-state index contributed by atoms with van der Waals surface area (Å²) in [5.74, 6) is -1.75. The van der Waals surface area contributed by atoms with Crippen molar-refractivity contribution in [3.05, 3.63) is 75.9 Å². The molecule has 0 radical (unpaired) electrons. The summed E-state index contributed by atoms with van der Waals surface area (Å²) < 4.78 is 0. The number of aromatic nitrogens is 4. The summed E-state index contributed by atoms with van der Waals surface area (Å²) in [7, 11) is 0. The molecule has 0 unspecified atom stereocenters. The van der Waals surface area contributed by atoms with Crippen LogP contribution >= 0.6 is 0 Å². The molecule has 0 spiro atoms. The van der Waals surface area contributed by atoms with E-state index in [1.807, 2.05) is 38.1 Å². The molecule has 0 aromatic carbocycles. The molecule has 8 heteroatoms. The molecule has 0 saturated heterocycles. The Hall–Kier alpha value is -4.72. The first-order valence-electron chi connectivity index (χ1n) is 14.2. The average molecular weight is 565 g/mol. The SMILES string of the molecule is C=Cc1c(C)c2cc3nc(cc4[nH]c(cc5nc(cc1[nH]2)C(C)=C5CCC(=O)O)c(CCC(=O)O)c4C)C(C)=C3CC. The number of hydrogen-bond acceptors (Lipinski definition) is 4. The monoisotopic (exact) mass is 564 g/mol. The van der Waals surface area contributed by atoms with Gasteiger partial charge in [-0.15, -0.1) is 0 Å². The fourth-order valence-electron chi connectivity index (χ4n) is 5.99. The summed E-state index contributed by atoms with van der Waals surface area (Å²) in [5.41, 5.74) is 14.5. The number of nitrogens with zero attached hydrogens (tertiary/aromatic N) is 2. The number of carbonyl (C=O) groups is 2. The number of fused-ring (bicyclic) bond motifs is 8. The van der Waals surface area contributed by atoms with Crippen LogP contribution in [0.3, 0.4) is 0 Å². The second-order valence-corrected chi connectivity index (χ2v) is 10.9. The van der Waals surface area contributed by atoms with Crippen molar-refractivity contribution in [2.45, 2.75) is 66.7 Å². The molecule has 5 rings (SSSR count). The van der Waals surface area contributed by atoms with Gasteiger partial charge in [0.25, 0.3) is 0 Å². The summed E-state index contributed by atoms with van der Waals surface area (Å²) in [6.45, 7) is 14.3. The lowest BCUT2D eigenvalue weighted by atomic mass is 10.00. The molecule has 0 atom stereocenters. The highest BCUT2D eigenvalue weighted by Gasteiger charge is 2.21. The first-order chi connectivity index (χ1) is 20.0. The van der Waals surface area contributed by atoms with Crippen molar-refractivity contribution in [2.24, 2.45) is 0 Å². The van der Waals surface area contributed by atoms with Crippen LogP contribution in [0.15, 0.2) is 30.8 Å². The van der Waals surface area contributed by atoms with Crippen LogP contribution in [0, 0.1) is 13.8 Å². The van der Waals surface area contributed by atoms with Gasteiger partial charge in [0.1, 0.15) is 0 Å². The Kier molecular flexibility index (Phi) is 7.73. The number of H-pyrrole nitrogens is 2. The molecule has 8 bridgehead atoms. The van der Waals surface area contributed by atoms with Crippen molar-refractivity contribution in [3.63, 3.8) is 0 Å². The van der Waals surface area contributed by atoms with Gasteiger partial charge in [0, 0.05) is 40.5 Å². The van der Waals surface area contributed by atoms with Gasteiger partial charge in [-0.3, -0.25) is 9.59 Å². The topological polar surface area (TPSA) is 132 Å². The van der Waals surface area contributed by atoms with Gasteiger partial charge in [0.05, 0.1) is 22.8 Å². The molecular formula is C34H36N4O4. The van der Waals surface area contributed by atoms with Crippen molar-refractivity contribution in [2.75, 3.05) is 0 Å². The molecule has 2 aliphatic heterocycles. The summed E-state index contributed by atoms with van der Waals surface area (Å²) in [6.07, 6.45) is 3.30. The first kappa shape index (κ1) is 28.8. The molecular weight excluding hydrogens is 528 g/mol. The predicted octanol–water partition coefficient (Wildman–Crippen LogP) is 7.73. The molecule has 4 N–H and O–H groups in total. The van der Waals surface area contributed by atoms with E-state index in [4.69, 9.17) is 9.97 Å². The summed E-state index contributed by atoms with van der Waals surface area (Å²) in [4.78, 5) is 40.2. The number of aromatic amines is 2. The molecule has 3 aromatic heterocycles. The molecule has 42 heavy (non-hydrogen) atoms. The highest BCUT2D eigenvalue weighted by molar-refractivity contribution is 5.96. The molecule has 0 fully saturated rings. The number of aliphatic carboxylic acids is 2. The van der Waals surface area contributed by atoms with Crippen LogP contribution in [-0.4, -0.2) is 42.1 Å². The van der Waals surface area contributed by atoms with Crippen molar-refractivity contribution in [1.29, 1.82) is 0 Å². The smallest absolute Gasteiger partial charge is 0.303 e. The first-order valence-corrected chi connectivity index (χ1v) is 14.2. The molecule has 5 heterocycles. The van der Waals surface area contributed by atoms with Crippen LogP contribution < -0.4 is 0 Å². The van der Waals surface area contributed by atoms with Crippen LogP contribution in [0.5, 0.6) is 0 Å². The van der Waals surface area contributed by atoms with E-state index in [0.29, 0.717) is 18.5 Å². The van der Waals surface area contributed by atoms with Gasteiger partial charge in [-0.05, 0) is 110 Å². The van der Waals surface area contributed by atoms with Gasteiger partial charge >= 0.3 is 11.9 Å².